The predicted molar refractivity (Wildman–Crippen MR) is 85.6 cm³/mol. The Balaban J connectivity index is 0.00000180. The van der Waals surface area contributed by atoms with Crippen molar-refractivity contribution in [3.8, 4) is 0 Å². The Morgan fingerprint density at radius 1 is 1.45 bits per heavy atom. The van der Waals surface area contributed by atoms with Crippen molar-refractivity contribution in [2.24, 2.45) is 0 Å². The standard InChI is InChI=1S/C14H21N3O.2ClH/c1-3-14(7-4-8-17-14)13(18)16-10-12-6-5-11(2)15-9-12;;/h5-6,9,17H,3-4,7-8,10H2,1-2H3,(H,16,18);2*1H. The van der Waals surface area contributed by atoms with Gasteiger partial charge in [-0.3, -0.25) is 9.78 Å². The van der Waals surface area contributed by atoms with Crippen LogP contribution in [0.3, 0.4) is 0 Å². The smallest absolute Gasteiger partial charge is 0.240 e. The lowest BCUT2D eigenvalue weighted by Crippen LogP contribution is -2.52. The van der Waals surface area contributed by atoms with E-state index in [1.165, 1.54) is 0 Å². The molecule has 2 N–H and O–H groups in total. The molecule has 1 aromatic rings. The maximum absolute atomic E-state index is 12.2. The molecule has 2 heterocycles. The molecule has 0 aliphatic carbocycles. The number of hydrogen-bond acceptors (Lipinski definition) is 3. The first kappa shape index (κ1) is 19.2. The van der Waals surface area contributed by atoms with Gasteiger partial charge < -0.3 is 10.6 Å². The van der Waals surface area contributed by atoms with Crippen molar-refractivity contribution < 1.29 is 4.79 Å². The highest BCUT2D eigenvalue weighted by Crippen LogP contribution is 2.23. The third-order valence-electron chi connectivity index (χ3n) is 3.71. The van der Waals surface area contributed by atoms with Crippen LogP contribution >= 0.6 is 24.8 Å². The first-order valence-electron chi connectivity index (χ1n) is 6.61. The Labute approximate surface area is 132 Å². The van der Waals surface area contributed by atoms with Gasteiger partial charge in [0.2, 0.25) is 5.91 Å². The monoisotopic (exact) mass is 319 g/mol. The molecule has 0 bridgehead atoms. The van der Waals surface area contributed by atoms with E-state index in [-0.39, 0.29) is 36.3 Å². The third-order valence-corrected chi connectivity index (χ3v) is 3.71. The summed E-state index contributed by atoms with van der Waals surface area (Å²) in [4.78, 5) is 16.5. The number of nitrogens with one attached hydrogen (secondary N) is 2. The van der Waals surface area contributed by atoms with Crippen LogP contribution in [0.15, 0.2) is 18.3 Å². The molecule has 1 aliphatic heterocycles. The zero-order valence-corrected chi connectivity index (χ0v) is 13.6. The third kappa shape index (κ3) is 4.33. The highest BCUT2D eigenvalue weighted by Gasteiger charge is 2.38. The van der Waals surface area contributed by atoms with Crippen molar-refractivity contribution in [2.45, 2.75) is 45.2 Å². The van der Waals surface area contributed by atoms with Crippen molar-refractivity contribution >= 4 is 30.7 Å². The number of rotatable bonds is 4. The van der Waals surface area contributed by atoms with Gasteiger partial charge in [0, 0.05) is 18.4 Å². The summed E-state index contributed by atoms with van der Waals surface area (Å²) in [5.41, 5.74) is 1.68. The number of aryl methyl sites for hydroxylation is 1. The molecule has 114 valence electrons. The van der Waals surface area contributed by atoms with E-state index < -0.39 is 0 Å². The van der Waals surface area contributed by atoms with Crippen molar-refractivity contribution in [1.29, 1.82) is 0 Å². The van der Waals surface area contributed by atoms with E-state index in [0.717, 1.165) is 37.1 Å². The van der Waals surface area contributed by atoms with E-state index >= 15 is 0 Å². The summed E-state index contributed by atoms with van der Waals surface area (Å²) in [5, 5.41) is 6.35. The fourth-order valence-corrected chi connectivity index (χ4v) is 2.42. The molecule has 0 aromatic carbocycles. The minimum absolute atomic E-state index is 0. The molecule has 0 saturated carbocycles. The van der Waals surface area contributed by atoms with Gasteiger partial charge in [-0.25, -0.2) is 0 Å². The Morgan fingerprint density at radius 2 is 2.20 bits per heavy atom. The second-order valence-electron chi connectivity index (χ2n) is 4.96. The molecule has 1 saturated heterocycles. The summed E-state index contributed by atoms with van der Waals surface area (Å²) in [6.07, 6.45) is 4.66. The average molecular weight is 320 g/mol. The maximum Gasteiger partial charge on any atom is 0.240 e. The molecule has 0 radical (unpaired) electrons. The van der Waals surface area contributed by atoms with Crippen LogP contribution in [0.1, 0.15) is 37.4 Å². The first-order chi connectivity index (χ1) is 8.66. The summed E-state index contributed by atoms with van der Waals surface area (Å²) in [5.74, 6) is 0.114. The van der Waals surface area contributed by atoms with Gasteiger partial charge in [0.15, 0.2) is 0 Å². The summed E-state index contributed by atoms with van der Waals surface area (Å²) in [7, 11) is 0. The van der Waals surface area contributed by atoms with E-state index in [1.807, 2.05) is 25.3 Å². The van der Waals surface area contributed by atoms with Crippen molar-refractivity contribution in [3.63, 3.8) is 0 Å². The molecule has 6 heteroatoms. The molecule has 1 amide bonds. The number of nitrogens with zero attached hydrogens (tertiary/aromatic N) is 1. The second-order valence-corrected chi connectivity index (χ2v) is 4.96. The van der Waals surface area contributed by atoms with Crippen molar-refractivity contribution in [2.75, 3.05) is 6.54 Å². The predicted octanol–water partition coefficient (Wildman–Crippen LogP) is 2.38. The molecule has 20 heavy (non-hydrogen) atoms. The van der Waals surface area contributed by atoms with Crippen LogP contribution in [0, 0.1) is 6.92 Å². The Hall–Kier alpha value is -0.840. The minimum Gasteiger partial charge on any atom is -0.350 e. The quantitative estimate of drug-likeness (QED) is 0.896. The van der Waals surface area contributed by atoms with Gasteiger partial charge in [0.1, 0.15) is 0 Å². The molecule has 1 atom stereocenters. The molecule has 1 fully saturated rings. The summed E-state index contributed by atoms with van der Waals surface area (Å²) >= 11 is 0. The first-order valence-corrected chi connectivity index (χ1v) is 6.61. The number of amides is 1. The molecular formula is C14H23Cl2N3O. The van der Waals surface area contributed by atoms with E-state index in [2.05, 4.69) is 22.5 Å². The van der Waals surface area contributed by atoms with E-state index in [9.17, 15) is 4.79 Å². The van der Waals surface area contributed by atoms with Crippen LogP contribution in [0.2, 0.25) is 0 Å². The Morgan fingerprint density at radius 3 is 2.70 bits per heavy atom. The molecule has 0 spiro atoms. The number of carbonyl (C=O) groups is 1. The molecule has 2 rings (SSSR count). The van der Waals surface area contributed by atoms with Gasteiger partial charge in [0.25, 0.3) is 0 Å². The molecule has 1 aromatic heterocycles. The number of hydrogen-bond donors (Lipinski definition) is 2. The normalized spacial score (nSPS) is 20.7. The highest BCUT2D eigenvalue weighted by molar-refractivity contribution is 5.86. The maximum atomic E-state index is 12.2. The van der Waals surface area contributed by atoms with Gasteiger partial charge in [-0.15, -0.1) is 24.8 Å². The van der Waals surface area contributed by atoms with Gasteiger partial charge in [-0.05, 0) is 44.4 Å². The zero-order valence-electron chi connectivity index (χ0n) is 11.9. The minimum atomic E-state index is -0.349. The fraction of sp³-hybridized carbons (Fsp3) is 0.571. The molecule has 1 aliphatic rings. The lowest BCUT2D eigenvalue weighted by atomic mass is 9.93. The van der Waals surface area contributed by atoms with E-state index in [0.29, 0.717) is 6.54 Å². The highest BCUT2D eigenvalue weighted by atomic mass is 35.5. The van der Waals surface area contributed by atoms with Crippen LogP contribution in [0.5, 0.6) is 0 Å². The lowest BCUT2D eigenvalue weighted by Gasteiger charge is -2.26. The van der Waals surface area contributed by atoms with Crippen LogP contribution < -0.4 is 10.6 Å². The van der Waals surface area contributed by atoms with Crippen LogP contribution in [0.4, 0.5) is 0 Å². The largest absolute Gasteiger partial charge is 0.350 e. The summed E-state index contributed by atoms with van der Waals surface area (Å²) in [6, 6.07) is 3.97. The zero-order chi connectivity index (χ0) is 13.0. The molecule has 4 nitrogen and oxygen atoms in total. The number of aromatic nitrogens is 1. The number of halogens is 2. The summed E-state index contributed by atoms with van der Waals surface area (Å²) in [6.45, 7) is 5.51. The topological polar surface area (TPSA) is 54.0 Å². The number of pyridine rings is 1. The Kier molecular flexibility index (Phi) is 8.09. The summed E-state index contributed by atoms with van der Waals surface area (Å²) < 4.78 is 0. The molecule has 1 unspecified atom stereocenters. The fourth-order valence-electron chi connectivity index (χ4n) is 2.42. The van der Waals surface area contributed by atoms with E-state index in [4.69, 9.17) is 0 Å². The van der Waals surface area contributed by atoms with Crippen molar-refractivity contribution in [3.05, 3.63) is 29.6 Å². The van der Waals surface area contributed by atoms with Gasteiger partial charge >= 0.3 is 0 Å². The van der Waals surface area contributed by atoms with Crippen molar-refractivity contribution in [1.82, 2.24) is 15.6 Å². The average Bonchev–Trinajstić information content (AvgIpc) is 2.88. The lowest BCUT2D eigenvalue weighted by molar-refractivity contribution is -0.127. The number of carbonyl (C=O) groups excluding carboxylic acids is 1. The van der Waals surface area contributed by atoms with Gasteiger partial charge in [-0.1, -0.05) is 13.0 Å². The molecular weight excluding hydrogens is 297 g/mol. The van der Waals surface area contributed by atoms with Gasteiger partial charge in [0.05, 0.1) is 5.54 Å². The Bertz CT molecular complexity index is 417. The van der Waals surface area contributed by atoms with E-state index in [1.54, 1.807) is 0 Å². The second kappa shape index (κ2) is 8.45. The van der Waals surface area contributed by atoms with Gasteiger partial charge in [-0.2, -0.15) is 0 Å². The van der Waals surface area contributed by atoms with Crippen LogP contribution in [-0.2, 0) is 11.3 Å². The SMILES string of the molecule is CCC1(C(=O)NCc2ccc(C)nc2)CCCN1.Cl.Cl. The van der Waals surface area contributed by atoms with Crippen LogP contribution in [0.25, 0.3) is 0 Å². The van der Waals surface area contributed by atoms with Crippen LogP contribution in [-0.4, -0.2) is 23.0 Å².